The van der Waals surface area contributed by atoms with Gasteiger partial charge in [0, 0.05) is 11.8 Å². The first-order chi connectivity index (χ1) is 16.4. The summed E-state index contributed by atoms with van der Waals surface area (Å²) in [5.74, 6) is -0.576. The van der Waals surface area contributed by atoms with Crippen molar-refractivity contribution in [2.75, 3.05) is 11.9 Å². The van der Waals surface area contributed by atoms with Gasteiger partial charge in [0.2, 0.25) is 5.91 Å². The molecule has 3 rings (SSSR count). The lowest BCUT2D eigenvalue weighted by atomic mass is 9.69. The lowest BCUT2D eigenvalue weighted by Crippen LogP contribution is -2.38. The number of aliphatic hydroxyl groups excluding tert-OH is 1. The topological polar surface area (TPSA) is 75.6 Å². The number of benzene rings is 2. The van der Waals surface area contributed by atoms with Crippen LogP contribution >= 0.6 is 0 Å². The average Bonchev–Trinajstić information content (AvgIpc) is 2.91. The summed E-state index contributed by atoms with van der Waals surface area (Å²) in [4.78, 5) is 25.5. The van der Waals surface area contributed by atoms with Crippen LogP contribution in [0, 0.1) is 12.3 Å². The van der Waals surface area contributed by atoms with E-state index in [-0.39, 0.29) is 17.9 Å². The molecule has 0 radical (unpaired) electrons. The highest BCUT2D eigenvalue weighted by molar-refractivity contribution is 6.02. The summed E-state index contributed by atoms with van der Waals surface area (Å²) < 4.78 is 5.17. The van der Waals surface area contributed by atoms with E-state index in [1.54, 1.807) is 19.1 Å². The molecule has 34 heavy (non-hydrogen) atoms. The Hall–Kier alpha value is -2.66. The van der Waals surface area contributed by atoms with E-state index in [9.17, 15) is 14.7 Å². The van der Waals surface area contributed by atoms with Crippen LogP contribution in [0.25, 0.3) is 0 Å². The zero-order valence-electron chi connectivity index (χ0n) is 20.6. The van der Waals surface area contributed by atoms with Gasteiger partial charge in [-0.05, 0) is 56.7 Å². The van der Waals surface area contributed by atoms with Gasteiger partial charge >= 0.3 is 5.97 Å². The van der Waals surface area contributed by atoms with Crippen molar-refractivity contribution in [1.82, 2.24) is 0 Å². The van der Waals surface area contributed by atoms with Crippen molar-refractivity contribution >= 4 is 17.6 Å². The molecule has 1 fully saturated rings. The van der Waals surface area contributed by atoms with Crippen LogP contribution in [-0.2, 0) is 16.0 Å². The number of carbonyl (C=O) groups excluding carboxylic acids is 2. The molecule has 0 bridgehead atoms. The third kappa shape index (κ3) is 6.92. The van der Waals surface area contributed by atoms with Crippen LogP contribution in [0.5, 0.6) is 0 Å². The molecule has 2 atom stereocenters. The number of aryl methyl sites for hydroxylation is 1. The van der Waals surface area contributed by atoms with Crippen molar-refractivity contribution in [3.05, 3.63) is 65.2 Å². The second-order valence-corrected chi connectivity index (χ2v) is 9.61. The number of anilines is 1. The van der Waals surface area contributed by atoms with E-state index < -0.39 is 12.1 Å². The fourth-order valence-electron chi connectivity index (χ4n) is 5.18. The molecule has 0 aromatic heterocycles. The Kier molecular flexibility index (Phi) is 9.70. The van der Waals surface area contributed by atoms with E-state index in [1.165, 1.54) is 18.4 Å². The highest BCUT2D eigenvalue weighted by Crippen LogP contribution is 2.41. The standard InChI is InChI=1S/C29H39NO4/c1-3-34-28(33)24-16-12-13-22(2)27(24)30-26(32)18-20-29(21-23-14-8-7-9-15-23)19-11-6-4-5-10-17-25(29)31/h7-9,12-16,25,31H,3-6,10-11,17-21H2,1-2H3,(H,30,32). The molecule has 0 spiro atoms. The highest BCUT2D eigenvalue weighted by atomic mass is 16.5. The van der Waals surface area contributed by atoms with Crippen molar-refractivity contribution in [2.24, 2.45) is 5.41 Å². The lowest BCUT2D eigenvalue weighted by molar-refractivity contribution is -0.117. The monoisotopic (exact) mass is 465 g/mol. The number of aliphatic hydroxyl groups is 1. The maximum atomic E-state index is 13.1. The van der Waals surface area contributed by atoms with Gasteiger partial charge in [-0.25, -0.2) is 4.79 Å². The van der Waals surface area contributed by atoms with E-state index in [1.807, 2.05) is 31.2 Å². The molecule has 184 valence electrons. The highest BCUT2D eigenvalue weighted by Gasteiger charge is 2.38. The summed E-state index contributed by atoms with van der Waals surface area (Å²) in [6, 6.07) is 15.6. The van der Waals surface area contributed by atoms with Crippen LogP contribution in [0.1, 0.15) is 86.2 Å². The van der Waals surface area contributed by atoms with Gasteiger partial charge in [-0.2, -0.15) is 0 Å². The largest absolute Gasteiger partial charge is 0.462 e. The lowest BCUT2D eigenvalue weighted by Gasteiger charge is -2.39. The van der Waals surface area contributed by atoms with Gasteiger partial charge in [0.25, 0.3) is 0 Å². The number of hydrogen-bond acceptors (Lipinski definition) is 4. The summed E-state index contributed by atoms with van der Waals surface area (Å²) in [7, 11) is 0. The van der Waals surface area contributed by atoms with Gasteiger partial charge in [-0.3, -0.25) is 4.79 Å². The molecule has 2 N–H and O–H groups in total. The van der Waals surface area contributed by atoms with Crippen LogP contribution in [0.3, 0.4) is 0 Å². The Morgan fingerprint density at radius 2 is 1.76 bits per heavy atom. The summed E-state index contributed by atoms with van der Waals surface area (Å²) >= 11 is 0. The molecule has 2 unspecified atom stereocenters. The molecular weight excluding hydrogens is 426 g/mol. The Morgan fingerprint density at radius 3 is 2.53 bits per heavy atom. The minimum Gasteiger partial charge on any atom is -0.462 e. The number of amides is 1. The van der Waals surface area contributed by atoms with Crippen LogP contribution in [-0.4, -0.2) is 29.7 Å². The minimum atomic E-state index is -0.438. The Labute approximate surface area is 203 Å². The number of hydrogen-bond donors (Lipinski definition) is 2. The third-order valence-corrected chi connectivity index (χ3v) is 7.14. The first-order valence-electron chi connectivity index (χ1n) is 12.7. The maximum Gasteiger partial charge on any atom is 0.340 e. The molecule has 0 aliphatic heterocycles. The van der Waals surface area contributed by atoms with Crippen LogP contribution < -0.4 is 5.32 Å². The Balaban J connectivity index is 1.78. The predicted molar refractivity (Wildman–Crippen MR) is 136 cm³/mol. The zero-order chi connectivity index (χ0) is 24.4. The number of esters is 1. The number of ether oxygens (including phenoxy) is 1. The number of rotatable bonds is 8. The van der Waals surface area contributed by atoms with Crippen molar-refractivity contribution in [1.29, 1.82) is 0 Å². The van der Waals surface area contributed by atoms with Crippen molar-refractivity contribution in [3.8, 4) is 0 Å². The normalized spacial score (nSPS) is 21.1. The second-order valence-electron chi connectivity index (χ2n) is 9.61. The SMILES string of the molecule is CCOC(=O)c1cccc(C)c1NC(=O)CCC1(Cc2ccccc2)CCCCCCCC1O. The van der Waals surface area contributed by atoms with Gasteiger partial charge < -0.3 is 15.2 Å². The van der Waals surface area contributed by atoms with E-state index in [2.05, 4.69) is 17.4 Å². The van der Waals surface area contributed by atoms with E-state index in [0.29, 0.717) is 24.1 Å². The predicted octanol–water partition coefficient (Wildman–Crippen LogP) is 6.22. The summed E-state index contributed by atoms with van der Waals surface area (Å²) in [5, 5.41) is 14.3. The molecule has 1 aliphatic carbocycles. The zero-order valence-corrected chi connectivity index (χ0v) is 20.6. The summed E-state index contributed by atoms with van der Waals surface area (Å²) in [5.41, 5.74) is 2.57. The fourth-order valence-corrected chi connectivity index (χ4v) is 5.18. The summed E-state index contributed by atoms with van der Waals surface area (Å²) in [6.07, 6.45) is 8.53. The molecular formula is C29H39NO4. The van der Waals surface area contributed by atoms with Gasteiger partial charge in [0.05, 0.1) is 24.0 Å². The number of carbonyl (C=O) groups is 2. The Bertz CT molecular complexity index is 942. The second kappa shape index (κ2) is 12.7. The summed E-state index contributed by atoms with van der Waals surface area (Å²) in [6.45, 7) is 3.91. The molecule has 1 aliphatic rings. The van der Waals surface area contributed by atoms with Gasteiger partial charge in [-0.1, -0.05) is 74.6 Å². The van der Waals surface area contributed by atoms with Crippen LogP contribution in [0.4, 0.5) is 5.69 Å². The van der Waals surface area contributed by atoms with Crippen molar-refractivity contribution in [3.63, 3.8) is 0 Å². The third-order valence-electron chi connectivity index (χ3n) is 7.14. The molecule has 0 heterocycles. The fraction of sp³-hybridized carbons (Fsp3) is 0.517. The molecule has 2 aromatic carbocycles. The number of nitrogens with one attached hydrogen (secondary N) is 1. The van der Waals surface area contributed by atoms with Gasteiger partial charge in [0.15, 0.2) is 0 Å². The minimum absolute atomic E-state index is 0.139. The van der Waals surface area contributed by atoms with Gasteiger partial charge in [-0.15, -0.1) is 0 Å². The first-order valence-corrected chi connectivity index (χ1v) is 12.7. The quantitative estimate of drug-likeness (QED) is 0.454. The van der Waals surface area contributed by atoms with E-state index in [4.69, 9.17) is 4.74 Å². The molecule has 1 amide bonds. The van der Waals surface area contributed by atoms with Crippen LogP contribution in [0.2, 0.25) is 0 Å². The molecule has 5 nitrogen and oxygen atoms in total. The smallest absolute Gasteiger partial charge is 0.340 e. The van der Waals surface area contributed by atoms with E-state index in [0.717, 1.165) is 44.1 Å². The molecule has 2 aromatic rings. The Morgan fingerprint density at radius 1 is 1.03 bits per heavy atom. The van der Waals surface area contributed by atoms with Crippen molar-refractivity contribution in [2.45, 2.75) is 84.2 Å². The maximum absolute atomic E-state index is 13.1. The van der Waals surface area contributed by atoms with Crippen LogP contribution in [0.15, 0.2) is 48.5 Å². The number of para-hydroxylation sites is 1. The molecule has 5 heteroatoms. The average molecular weight is 466 g/mol. The van der Waals surface area contributed by atoms with Gasteiger partial charge in [0.1, 0.15) is 0 Å². The van der Waals surface area contributed by atoms with Crippen molar-refractivity contribution < 1.29 is 19.4 Å². The molecule has 0 saturated heterocycles. The van der Waals surface area contributed by atoms with E-state index >= 15 is 0 Å². The molecule has 1 saturated carbocycles. The first kappa shape index (κ1) is 26.0.